The second-order valence-corrected chi connectivity index (χ2v) is 1.15. The van der Waals surface area contributed by atoms with E-state index in [-0.39, 0.29) is 34.0 Å². The summed E-state index contributed by atoms with van der Waals surface area (Å²) in [6.45, 7) is 0. The predicted molar refractivity (Wildman–Crippen MR) is 32.0 cm³/mol. The van der Waals surface area contributed by atoms with Crippen LogP contribution >= 0.6 is 0 Å². The summed E-state index contributed by atoms with van der Waals surface area (Å²) in [5, 5.41) is 35.7. The van der Waals surface area contributed by atoms with Gasteiger partial charge in [0.05, 0.1) is 23.9 Å². The molecule has 11 heteroatoms. The third-order valence-corrected chi connectivity index (χ3v) is 0.333. The molecule has 0 atom stereocenters. The van der Waals surface area contributed by atoms with Crippen LogP contribution in [0.4, 0.5) is 0 Å². The zero-order valence-corrected chi connectivity index (χ0v) is 9.33. The molecule has 0 aliphatic heterocycles. The van der Waals surface area contributed by atoms with E-state index in [0.29, 0.717) is 0 Å². The third kappa shape index (κ3) is 32.6. The smallest absolute Gasteiger partial charge is 0.543 e. The number of carbonyl (C=O) groups excluding carboxylic acids is 4. The van der Waals surface area contributed by atoms with Crippen LogP contribution in [0.25, 0.3) is 0 Å². The van der Waals surface area contributed by atoms with Crippen molar-refractivity contribution in [3.8, 4) is 0 Å². The number of carboxylic acid groups (broad SMARTS) is 4. The Labute approximate surface area is 97.9 Å². The van der Waals surface area contributed by atoms with Crippen LogP contribution in [0.5, 0.6) is 0 Å². The van der Waals surface area contributed by atoms with Gasteiger partial charge in [-0.15, -0.1) is 0 Å². The minimum absolute atomic E-state index is 0. The summed E-state index contributed by atoms with van der Waals surface area (Å²) >= 11 is 0. The number of quaternary nitrogens is 2. The Hall–Kier alpha value is -1.49. The molecular formula is C4H8N2O8Ti. The molecule has 8 N–H and O–H groups in total. The molecule has 0 rings (SSSR count). The van der Waals surface area contributed by atoms with Crippen molar-refractivity contribution < 1.29 is 61.3 Å². The first-order chi connectivity index (χ1) is 5.29. The molecule has 10 nitrogen and oxygen atoms in total. The number of aliphatic carboxylic acids is 4. The van der Waals surface area contributed by atoms with Gasteiger partial charge in [0.15, 0.2) is 0 Å². The van der Waals surface area contributed by atoms with Crippen molar-refractivity contribution in [3.05, 3.63) is 0 Å². The van der Waals surface area contributed by atoms with Gasteiger partial charge in [0.25, 0.3) is 0 Å². The van der Waals surface area contributed by atoms with E-state index in [1.54, 1.807) is 0 Å². The second-order valence-electron chi connectivity index (χ2n) is 1.15. The van der Waals surface area contributed by atoms with Gasteiger partial charge in [0.2, 0.25) is 0 Å². The van der Waals surface area contributed by atoms with Crippen molar-refractivity contribution in [2.45, 2.75) is 0 Å². The molecule has 0 saturated heterocycles. The Bertz CT molecular complexity index is 181. The summed E-state index contributed by atoms with van der Waals surface area (Å²) in [6, 6.07) is 0. The Balaban J connectivity index is -0.0000000370. The number of hydrogen-bond donors (Lipinski definition) is 2. The van der Waals surface area contributed by atoms with Gasteiger partial charge in [0, 0.05) is 0 Å². The van der Waals surface area contributed by atoms with Crippen LogP contribution in [0.3, 0.4) is 0 Å². The minimum atomic E-state index is -2.19. The average molecular weight is 260 g/mol. The first-order valence-electron chi connectivity index (χ1n) is 2.13. The zero-order chi connectivity index (χ0) is 10.3. The molecule has 0 aromatic heterocycles. The molecule has 0 spiro atoms. The fraction of sp³-hybridized carbons (Fsp3) is 0. The van der Waals surface area contributed by atoms with Crippen LogP contribution in [0.2, 0.25) is 0 Å². The molecule has 86 valence electrons. The van der Waals surface area contributed by atoms with Gasteiger partial charge in [-0.3, -0.25) is 0 Å². The van der Waals surface area contributed by atoms with Gasteiger partial charge >= 0.3 is 21.7 Å². The van der Waals surface area contributed by atoms with Crippen molar-refractivity contribution in [2.75, 3.05) is 0 Å². The quantitative estimate of drug-likeness (QED) is 0.312. The Morgan fingerprint density at radius 3 is 0.600 bits per heavy atom. The number of rotatable bonds is 0. The summed E-state index contributed by atoms with van der Waals surface area (Å²) in [5.41, 5.74) is 0. The Morgan fingerprint density at radius 1 is 0.533 bits per heavy atom. The van der Waals surface area contributed by atoms with Crippen LogP contribution in [-0.2, 0) is 40.9 Å². The van der Waals surface area contributed by atoms with Crippen molar-refractivity contribution >= 4 is 23.9 Å². The second kappa shape index (κ2) is 15.0. The molecule has 0 bridgehead atoms. The van der Waals surface area contributed by atoms with E-state index in [0.717, 1.165) is 0 Å². The third-order valence-electron chi connectivity index (χ3n) is 0.333. The molecule has 0 saturated carbocycles. The molecule has 0 unspecified atom stereocenters. The van der Waals surface area contributed by atoms with Crippen LogP contribution in [0.15, 0.2) is 0 Å². The van der Waals surface area contributed by atoms with Crippen LogP contribution < -0.4 is 32.7 Å². The van der Waals surface area contributed by atoms with Gasteiger partial charge in [-0.2, -0.15) is 0 Å². The fourth-order valence-electron chi connectivity index (χ4n) is 0. The van der Waals surface area contributed by atoms with Crippen molar-refractivity contribution in [2.24, 2.45) is 0 Å². The monoisotopic (exact) mass is 260 g/mol. The Morgan fingerprint density at radius 2 is 0.600 bits per heavy atom. The molecule has 0 aromatic carbocycles. The molecular weight excluding hydrogens is 252 g/mol. The maximum atomic E-state index is 8.93. The van der Waals surface area contributed by atoms with E-state index in [4.69, 9.17) is 39.6 Å². The van der Waals surface area contributed by atoms with E-state index < -0.39 is 23.9 Å². The maximum Gasteiger partial charge on any atom is 2.00 e. The van der Waals surface area contributed by atoms with E-state index in [1.807, 2.05) is 0 Å². The van der Waals surface area contributed by atoms with Gasteiger partial charge in [-0.1, -0.05) is 0 Å². The predicted octanol–water partition coefficient (Wildman–Crippen LogP) is -6.28. The summed E-state index contributed by atoms with van der Waals surface area (Å²) in [7, 11) is 0. The molecule has 0 radical (unpaired) electrons. The molecule has 0 fully saturated rings. The number of carboxylic acids is 4. The van der Waals surface area contributed by atoms with Crippen molar-refractivity contribution in [3.63, 3.8) is 0 Å². The molecule has 15 heavy (non-hydrogen) atoms. The first-order valence-corrected chi connectivity index (χ1v) is 2.13. The molecule has 0 heterocycles. The normalized spacial score (nSPS) is 5.87. The maximum absolute atomic E-state index is 8.93. The standard InChI is InChI=1S/2C2H2O4.2H3N.Ti/c2*3-1(4)2(5)6;;;/h2*(H,3,4)(H,5,6);2*1H3;/q;;;;+2/p-2. The van der Waals surface area contributed by atoms with E-state index in [2.05, 4.69) is 0 Å². The SMILES string of the molecule is O=C([O-])C(=O)[O-].O=C([O-])C(=O)[O-].[NH4+].[NH4+].[Ti+2]. The zero-order valence-electron chi connectivity index (χ0n) is 7.77. The molecule has 0 aliphatic rings. The number of hydrogen-bond acceptors (Lipinski definition) is 8. The minimum Gasteiger partial charge on any atom is -0.543 e. The van der Waals surface area contributed by atoms with Crippen molar-refractivity contribution in [1.82, 2.24) is 12.3 Å². The van der Waals surface area contributed by atoms with Gasteiger partial charge in [-0.25, -0.2) is 0 Å². The fourth-order valence-corrected chi connectivity index (χ4v) is 0. The first kappa shape index (κ1) is 29.2. The largest absolute Gasteiger partial charge is 2.00 e. The Kier molecular flexibility index (Phi) is 29.2. The van der Waals surface area contributed by atoms with Crippen LogP contribution in [0, 0.1) is 0 Å². The van der Waals surface area contributed by atoms with Gasteiger partial charge in [-0.05, 0) is 0 Å². The van der Waals surface area contributed by atoms with E-state index in [9.17, 15) is 0 Å². The molecule has 0 amide bonds. The van der Waals surface area contributed by atoms with Crippen LogP contribution in [0.1, 0.15) is 0 Å². The summed E-state index contributed by atoms with van der Waals surface area (Å²) in [5.74, 6) is -8.74. The van der Waals surface area contributed by atoms with Crippen LogP contribution in [-0.4, -0.2) is 23.9 Å². The average Bonchev–Trinajstić information content (AvgIpc) is 1.88. The van der Waals surface area contributed by atoms with Gasteiger partial charge < -0.3 is 51.9 Å². The molecule has 0 aromatic rings. The summed E-state index contributed by atoms with van der Waals surface area (Å²) in [4.78, 5) is 35.7. The number of carbonyl (C=O) groups is 4. The topological polar surface area (TPSA) is 234 Å². The van der Waals surface area contributed by atoms with Crippen molar-refractivity contribution in [1.29, 1.82) is 0 Å². The summed E-state index contributed by atoms with van der Waals surface area (Å²) < 4.78 is 0. The van der Waals surface area contributed by atoms with E-state index >= 15 is 0 Å². The van der Waals surface area contributed by atoms with E-state index in [1.165, 1.54) is 0 Å². The molecule has 0 aliphatic carbocycles. The van der Waals surface area contributed by atoms with Gasteiger partial charge in [0.1, 0.15) is 0 Å². The summed E-state index contributed by atoms with van der Waals surface area (Å²) in [6.07, 6.45) is 0.